The third-order valence-corrected chi connectivity index (χ3v) is 8.26. The molecule has 1 aliphatic rings. The SMILES string of the molecule is CCn1c(=O)/c(=C2/Sc3ccccc3N2C)s/c1=C/c1cccc(-c2ccccc2)[n+]1C. The number of thioether (sulfide) groups is 1. The van der Waals surface area contributed by atoms with Gasteiger partial charge in [-0.05, 0) is 37.3 Å². The summed E-state index contributed by atoms with van der Waals surface area (Å²) in [5.41, 5.74) is 4.59. The lowest BCUT2D eigenvalue weighted by Gasteiger charge is -2.11. The normalized spacial score (nSPS) is 15.3. The molecule has 0 saturated heterocycles. The fourth-order valence-corrected chi connectivity index (χ4v) is 6.50. The Bertz CT molecular complexity index is 1490. The van der Waals surface area contributed by atoms with Crippen molar-refractivity contribution in [3.63, 3.8) is 0 Å². The summed E-state index contributed by atoms with van der Waals surface area (Å²) in [6.07, 6.45) is 2.12. The number of benzene rings is 2. The highest BCUT2D eigenvalue weighted by Gasteiger charge is 2.24. The lowest BCUT2D eigenvalue weighted by atomic mass is 10.1. The number of rotatable bonds is 3. The zero-order valence-electron chi connectivity index (χ0n) is 18.3. The van der Waals surface area contributed by atoms with E-state index >= 15 is 0 Å². The molecule has 3 heterocycles. The van der Waals surface area contributed by atoms with Crippen LogP contribution >= 0.6 is 23.1 Å². The van der Waals surface area contributed by atoms with E-state index in [1.54, 1.807) is 23.1 Å². The van der Waals surface area contributed by atoms with Crippen molar-refractivity contribution in [2.24, 2.45) is 7.05 Å². The molecular weight excluding hydrogens is 434 g/mol. The number of aromatic nitrogens is 2. The van der Waals surface area contributed by atoms with Gasteiger partial charge in [-0.2, -0.15) is 4.57 Å². The van der Waals surface area contributed by atoms with E-state index in [0.29, 0.717) is 6.54 Å². The van der Waals surface area contributed by atoms with E-state index in [9.17, 15) is 4.79 Å². The quantitative estimate of drug-likeness (QED) is 0.440. The van der Waals surface area contributed by atoms with Crippen LogP contribution in [0, 0.1) is 0 Å². The van der Waals surface area contributed by atoms with Crippen LogP contribution in [0.25, 0.3) is 22.4 Å². The molecule has 5 rings (SSSR count). The Morgan fingerprint density at radius 3 is 2.47 bits per heavy atom. The number of anilines is 1. The lowest BCUT2D eigenvalue weighted by Crippen LogP contribution is -2.36. The van der Waals surface area contributed by atoms with Crippen molar-refractivity contribution >= 4 is 39.9 Å². The highest BCUT2D eigenvalue weighted by Crippen LogP contribution is 2.44. The van der Waals surface area contributed by atoms with Crippen molar-refractivity contribution in [3.8, 4) is 11.3 Å². The summed E-state index contributed by atoms with van der Waals surface area (Å²) in [4.78, 5) is 16.7. The first-order valence-electron chi connectivity index (χ1n) is 10.6. The minimum atomic E-state index is 0.0766. The maximum atomic E-state index is 13.4. The number of hydrogen-bond donors (Lipinski definition) is 0. The fraction of sp³-hybridized carbons (Fsp3) is 0.154. The second-order valence-corrected chi connectivity index (χ2v) is 9.72. The smallest absolute Gasteiger partial charge is 0.271 e. The van der Waals surface area contributed by atoms with Crippen LogP contribution in [-0.2, 0) is 13.6 Å². The minimum absolute atomic E-state index is 0.0766. The van der Waals surface area contributed by atoms with Crippen molar-refractivity contribution in [1.29, 1.82) is 0 Å². The molecule has 32 heavy (non-hydrogen) atoms. The van der Waals surface area contributed by atoms with Crippen molar-refractivity contribution in [1.82, 2.24) is 4.57 Å². The highest BCUT2D eigenvalue weighted by atomic mass is 32.2. The van der Waals surface area contributed by atoms with Gasteiger partial charge in [0.2, 0.25) is 11.4 Å². The molecule has 2 aromatic heterocycles. The van der Waals surface area contributed by atoms with E-state index in [4.69, 9.17) is 0 Å². The van der Waals surface area contributed by atoms with Gasteiger partial charge in [0.1, 0.15) is 21.3 Å². The van der Waals surface area contributed by atoms with Crippen LogP contribution in [0.2, 0.25) is 0 Å². The van der Waals surface area contributed by atoms with E-state index in [0.717, 1.165) is 31.3 Å². The molecule has 0 unspecified atom stereocenters. The van der Waals surface area contributed by atoms with E-state index in [1.165, 1.54) is 10.5 Å². The summed E-state index contributed by atoms with van der Waals surface area (Å²) in [6, 6.07) is 24.9. The number of thiazole rings is 1. The maximum absolute atomic E-state index is 13.4. The van der Waals surface area contributed by atoms with Crippen LogP contribution in [0.1, 0.15) is 12.6 Å². The Kier molecular flexibility index (Phi) is 5.49. The molecule has 0 saturated carbocycles. The average Bonchev–Trinajstić information content (AvgIpc) is 3.31. The summed E-state index contributed by atoms with van der Waals surface area (Å²) in [5, 5.41) is 1.01. The Labute approximate surface area is 195 Å². The number of pyridine rings is 1. The van der Waals surface area contributed by atoms with E-state index in [1.807, 2.05) is 36.7 Å². The van der Waals surface area contributed by atoms with Gasteiger partial charge in [0.05, 0.1) is 5.69 Å². The van der Waals surface area contributed by atoms with Crippen molar-refractivity contribution in [2.45, 2.75) is 18.4 Å². The third kappa shape index (κ3) is 3.49. The first-order chi connectivity index (χ1) is 15.6. The van der Waals surface area contributed by atoms with Crippen LogP contribution in [0.15, 0.2) is 82.5 Å². The van der Waals surface area contributed by atoms with Gasteiger partial charge in [0.15, 0.2) is 0 Å². The largest absolute Gasteiger partial charge is 0.337 e. The molecule has 0 aliphatic carbocycles. The summed E-state index contributed by atoms with van der Waals surface area (Å²) >= 11 is 3.24. The predicted octanol–water partition coefficient (Wildman–Crippen LogP) is 3.56. The predicted molar refractivity (Wildman–Crippen MR) is 134 cm³/mol. The van der Waals surface area contributed by atoms with Gasteiger partial charge in [-0.25, -0.2) is 0 Å². The Balaban J connectivity index is 1.68. The van der Waals surface area contributed by atoms with Crippen LogP contribution < -0.4 is 24.2 Å². The summed E-state index contributed by atoms with van der Waals surface area (Å²) in [5.74, 6) is 0. The van der Waals surface area contributed by atoms with Gasteiger partial charge < -0.3 is 4.90 Å². The Morgan fingerprint density at radius 2 is 1.72 bits per heavy atom. The third-order valence-electron chi connectivity index (χ3n) is 5.77. The summed E-state index contributed by atoms with van der Waals surface area (Å²) in [6.45, 7) is 2.67. The van der Waals surface area contributed by atoms with E-state index in [2.05, 4.69) is 77.2 Å². The number of para-hydroxylation sites is 1. The number of hydrogen-bond acceptors (Lipinski definition) is 4. The average molecular weight is 459 g/mol. The number of fused-ring (bicyclic) bond motifs is 1. The molecule has 6 heteroatoms. The van der Waals surface area contributed by atoms with Gasteiger partial charge in [-0.1, -0.05) is 42.1 Å². The fourth-order valence-electron chi connectivity index (χ4n) is 4.04. The molecule has 2 aromatic carbocycles. The highest BCUT2D eigenvalue weighted by molar-refractivity contribution is 8.08. The molecule has 0 fully saturated rings. The standard InChI is InChI=1S/C26H24N3OS2/c1-4-29-23(17-19-13-10-15-20(27(19)2)18-11-6-5-7-12-18)32-24(25(29)30)26-28(3)21-14-8-9-16-22(21)31-26/h5-17H,4H2,1-3H3/q+1/b26-24-. The molecule has 4 nitrogen and oxygen atoms in total. The molecule has 0 bridgehead atoms. The van der Waals surface area contributed by atoms with Crippen molar-refractivity contribution in [2.75, 3.05) is 11.9 Å². The van der Waals surface area contributed by atoms with Gasteiger partial charge in [-0.3, -0.25) is 9.36 Å². The first-order valence-corrected chi connectivity index (χ1v) is 12.2. The summed E-state index contributed by atoms with van der Waals surface area (Å²) < 4.78 is 5.81. The monoisotopic (exact) mass is 458 g/mol. The second kappa shape index (κ2) is 8.45. The minimum Gasteiger partial charge on any atom is -0.337 e. The second-order valence-electron chi connectivity index (χ2n) is 7.66. The molecular formula is C26H24N3OS2+. The van der Waals surface area contributed by atoms with Gasteiger partial charge in [0.25, 0.3) is 5.56 Å². The first kappa shape index (κ1) is 20.8. The molecule has 4 aromatic rings. The summed E-state index contributed by atoms with van der Waals surface area (Å²) in [7, 11) is 4.11. The van der Waals surface area contributed by atoms with Crippen LogP contribution in [0.3, 0.4) is 0 Å². The molecule has 160 valence electrons. The Hall–Kier alpha value is -3.09. The van der Waals surface area contributed by atoms with Crippen LogP contribution in [0.5, 0.6) is 0 Å². The van der Waals surface area contributed by atoms with E-state index < -0.39 is 0 Å². The molecule has 0 atom stereocenters. The van der Waals surface area contributed by atoms with Gasteiger partial charge in [0, 0.05) is 42.3 Å². The molecule has 0 N–H and O–H groups in total. The maximum Gasteiger partial charge on any atom is 0.271 e. The lowest BCUT2D eigenvalue weighted by molar-refractivity contribution is -0.662. The molecule has 0 radical (unpaired) electrons. The molecule has 1 aliphatic heterocycles. The van der Waals surface area contributed by atoms with Crippen LogP contribution in [-0.4, -0.2) is 11.6 Å². The van der Waals surface area contributed by atoms with Crippen molar-refractivity contribution in [3.05, 3.63) is 98.0 Å². The van der Waals surface area contributed by atoms with Gasteiger partial charge >= 0.3 is 0 Å². The molecule has 0 spiro atoms. The van der Waals surface area contributed by atoms with Crippen molar-refractivity contribution < 1.29 is 4.57 Å². The topological polar surface area (TPSA) is 29.1 Å². The Morgan fingerprint density at radius 1 is 0.969 bits per heavy atom. The molecule has 0 amide bonds. The van der Waals surface area contributed by atoms with Gasteiger partial charge in [-0.15, -0.1) is 11.3 Å². The number of nitrogens with zero attached hydrogens (tertiary/aromatic N) is 3. The van der Waals surface area contributed by atoms with E-state index in [-0.39, 0.29) is 5.56 Å². The zero-order valence-corrected chi connectivity index (χ0v) is 19.9. The van der Waals surface area contributed by atoms with Crippen LogP contribution in [0.4, 0.5) is 5.69 Å². The zero-order chi connectivity index (χ0) is 22.2.